The lowest BCUT2D eigenvalue weighted by molar-refractivity contribution is -0.122. The Bertz CT molecular complexity index is 737. The Balaban J connectivity index is 2.10. The molecule has 9 heteroatoms. The normalized spacial score (nSPS) is 15.3. The van der Waals surface area contributed by atoms with Gasteiger partial charge in [-0.05, 0) is 54.7 Å². The highest BCUT2D eigenvalue weighted by atomic mass is 32.2. The molecule has 0 spiro atoms. The predicted molar refractivity (Wildman–Crippen MR) is 107 cm³/mol. The van der Waals surface area contributed by atoms with Crippen LogP contribution in [0, 0.1) is 0 Å². The van der Waals surface area contributed by atoms with Gasteiger partial charge in [0.05, 0.1) is 18.6 Å². The van der Waals surface area contributed by atoms with Gasteiger partial charge in [-0.3, -0.25) is 14.5 Å². The third-order valence-corrected chi connectivity index (χ3v) is 4.76. The van der Waals surface area contributed by atoms with Crippen molar-refractivity contribution in [2.24, 2.45) is 0 Å². The number of benzene rings is 1. The maximum absolute atomic E-state index is 12.5. The third kappa shape index (κ3) is 4.89. The van der Waals surface area contributed by atoms with Crippen molar-refractivity contribution >= 4 is 46.3 Å². The lowest BCUT2D eigenvalue weighted by Crippen LogP contribution is -2.40. The molecule has 1 aromatic rings. The van der Waals surface area contributed by atoms with Gasteiger partial charge in [0.2, 0.25) is 0 Å². The Labute approximate surface area is 162 Å². The molecule has 1 aromatic carbocycles. The van der Waals surface area contributed by atoms with Crippen LogP contribution in [0.15, 0.2) is 23.1 Å². The van der Waals surface area contributed by atoms with Crippen LogP contribution in [0.4, 0.5) is 4.79 Å². The molecule has 0 bridgehead atoms. The van der Waals surface area contributed by atoms with Crippen molar-refractivity contribution in [1.29, 1.82) is 0 Å². The van der Waals surface area contributed by atoms with Gasteiger partial charge in [-0.25, -0.2) is 0 Å². The molecule has 0 unspecified atom stereocenters. The van der Waals surface area contributed by atoms with Crippen LogP contribution >= 0.6 is 24.0 Å². The zero-order chi connectivity index (χ0) is 19.1. The molecule has 0 saturated carbocycles. The van der Waals surface area contributed by atoms with E-state index in [-0.39, 0.29) is 17.7 Å². The molecule has 140 valence electrons. The minimum atomic E-state index is -0.315. The molecule has 0 aliphatic carbocycles. The second-order valence-electron chi connectivity index (χ2n) is 5.18. The van der Waals surface area contributed by atoms with Gasteiger partial charge in [-0.1, -0.05) is 6.07 Å². The lowest BCUT2D eigenvalue weighted by atomic mass is 10.2. The van der Waals surface area contributed by atoms with Crippen molar-refractivity contribution < 1.29 is 19.1 Å². The molecule has 1 saturated heterocycles. The minimum absolute atomic E-state index is 0.246. The topological polar surface area (TPSA) is 79.9 Å². The molecule has 2 rings (SSSR count). The molecule has 0 radical (unpaired) electrons. The number of rotatable bonds is 7. The summed E-state index contributed by atoms with van der Waals surface area (Å²) in [6, 6.07) is 5.36. The zero-order valence-corrected chi connectivity index (χ0v) is 16.5. The van der Waals surface area contributed by atoms with E-state index < -0.39 is 0 Å². The van der Waals surface area contributed by atoms with Crippen LogP contribution < -0.4 is 20.1 Å². The fourth-order valence-corrected chi connectivity index (χ4v) is 3.23. The van der Waals surface area contributed by atoms with Gasteiger partial charge in [-0.15, -0.1) is 0 Å². The van der Waals surface area contributed by atoms with Crippen LogP contribution in [-0.4, -0.2) is 55.0 Å². The maximum Gasteiger partial charge on any atom is 0.293 e. The van der Waals surface area contributed by atoms with E-state index in [1.807, 2.05) is 13.0 Å². The quantitative estimate of drug-likeness (QED) is 0.537. The van der Waals surface area contributed by atoms with Crippen LogP contribution in [0.3, 0.4) is 0 Å². The number of thioether (sulfide) groups is 1. The highest BCUT2D eigenvalue weighted by Gasteiger charge is 2.34. The van der Waals surface area contributed by atoms with E-state index in [9.17, 15) is 9.59 Å². The molecule has 2 amide bonds. The number of nitrogens with zero attached hydrogens (tertiary/aromatic N) is 1. The summed E-state index contributed by atoms with van der Waals surface area (Å²) in [4.78, 5) is 26.1. The molecule has 7 nitrogen and oxygen atoms in total. The fourth-order valence-electron chi connectivity index (χ4n) is 2.26. The van der Waals surface area contributed by atoms with Gasteiger partial charge in [0.25, 0.3) is 11.1 Å². The number of hydrogen-bond acceptors (Lipinski definition) is 6. The third-order valence-electron chi connectivity index (χ3n) is 3.51. The highest BCUT2D eigenvalue weighted by Crippen LogP contribution is 2.34. The Hall–Kier alpha value is -2.26. The van der Waals surface area contributed by atoms with E-state index in [1.165, 1.54) is 4.90 Å². The van der Waals surface area contributed by atoms with Crippen LogP contribution in [0.5, 0.6) is 11.5 Å². The second kappa shape index (κ2) is 9.44. The average Bonchev–Trinajstić information content (AvgIpc) is 2.90. The standard InChI is InChI=1S/C17H21N3O4S2/c1-4-24-12-6-5-11(9-13(12)23-3)10-14-15(21)20(17(22)26-14)8-7-19-16(25)18-2/h5-6,9-10H,4,7-8H2,1-3H3,(H2,18,19,25)/b14-10-. The maximum atomic E-state index is 12.5. The predicted octanol–water partition coefficient (Wildman–Crippen LogP) is 2.22. The highest BCUT2D eigenvalue weighted by molar-refractivity contribution is 8.18. The molecule has 0 atom stereocenters. The number of carbonyl (C=O) groups is 2. The van der Waals surface area contributed by atoms with Gasteiger partial charge in [0, 0.05) is 20.1 Å². The lowest BCUT2D eigenvalue weighted by Gasteiger charge is -2.13. The molecule has 1 fully saturated rings. The number of methoxy groups -OCH3 is 1. The Morgan fingerprint density at radius 2 is 2.12 bits per heavy atom. The summed E-state index contributed by atoms with van der Waals surface area (Å²) >= 11 is 5.89. The first kappa shape index (κ1) is 20.1. The van der Waals surface area contributed by atoms with Gasteiger partial charge in [-0.2, -0.15) is 0 Å². The first-order valence-electron chi connectivity index (χ1n) is 8.02. The number of thiocarbonyl (C=S) groups is 1. The Morgan fingerprint density at radius 1 is 1.35 bits per heavy atom. The van der Waals surface area contributed by atoms with Gasteiger partial charge in [0.15, 0.2) is 16.6 Å². The van der Waals surface area contributed by atoms with Crippen molar-refractivity contribution in [2.45, 2.75) is 6.92 Å². The smallest absolute Gasteiger partial charge is 0.293 e. The fraction of sp³-hybridized carbons (Fsp3) is 0.353. The Kier molecular flexibility index (Phi) is 7.28. The van der Waals surface area contributed by atoms with Gasteiger partial charge in [0.1, 0.15) is 0 Å². The summed E-state index contributed by atoms with van der Waals surface area (Å²) in [7, 11) is 3.25. The van der Waals surface area contributed by atoms with E-state index in [0.29, 0.717) is 34.7 Å². The molecule has 1 heterocycles. The summed E-state index contributed by atoms with van der Waals surface area (Å²) in [6.07, 6.45) is 1.68. The van der Waals surface area contributed by atoms with Crippen molar-refractivity contribution in [3.8, 4) is 11.5 Å². The summed E-state index contributed by atoms with van der Waals surface area (Å²) in [5.74, 6) is 0.890. The molecule has 1 aliphatic rings. The molecule has 0 aromatic heterocycles. The molecular weight excluding hydrogens is 374 g/mol. The van der Waals surface area contributed by atoms with E-state index in [0.717, 1.165) is 17.3 Å². The number of hydrogen-bond donors (Lipinski definition) is 2. The van der Waals surface area contributed by atoms with Crippen molar-refractivity contribution in [3.05, 3.63) is 28.7 Å². The van der Waals surface area contributed by atoms with E-state index in [2.05, 4.69) is 10.6 Å². The van der Waals surface area contributed by atoms with Crippen LogP contribution in [0.25, 0.3) is 6.08 Å². The number of carbonyl (C=O) groups excluding carboxylic acids is 2. The van der Waals surface area contributed by atoms with Crippen LogP contribution in [0.2, 0.25) is 0 Å². The Morgan fingerprint density at radius 3 is 2.77 bits per heavy atom. The first-order valence-corrected chi connectivity index (χ1v) is 9.24. The molecular formula is C17H21N3O4S2. The summed E-state index contributed by atoms with van der Waals surface area (Å²) in [5.41, 5.74) is 0.755. The number of nitrogens with one attached hydrogen (secondary N) is 2. The number of ether oxygens (including phenoxy) is 2. The molecule has 26 heavy (non-hydrogen) atoms. The average molecular weight is 396 g/mol. The molecule has 2 N–H and O–H groups in total. The summed E-state index contributed by atoms with van der Waals surface area (Å²) in [6.45, 7) is 3.05. The summed E-state index contributed by atoms with van der Waals surface area (Å²) in [5, 5.41) is 5.86. The zero-order valence-electron chi connectivity index (χ0n) is 14.8. The van der Waals surface area contributed by atoms with Crippen molar-refractivity contribution in [1.82, 2.24) is 15.5 Å². The van der Waals surface area contributed by atoms with Gasteiger partial charge < -0.3 is 20.1 Å². The molecule has 1 aliphatic heterocycles. The van der Waals surface area contributed by atoms with E-state index in [1.54, 1.807) is 32.4 Å². The van der Waals surface area contributed by atoms with E-state index >= 15 is 0 Å². The number of imide groups is 1. The van der Waals surface area contributed by atoms with Crippen LogP contribution in [0.1, 0.15) is 12.5 Å². The van der Waals surface area contributed by atoms with Crippen molar-refractivity contribution in [3.63, 3.8) is 0 Å². The minimum Gasteiger partial charge on any atom is -0.493 e. The summed E-state index contributed by atoms with van der Waals surface area (Å²) < 4.78 is 10.8. The SMILES string of the molecule is CCOc1ccc(/C=C2\SC(=O)N(CCNC(=S)NC)C2=O)cc1OC. The van der Waals surface area contributed by atoms with Crippen LogP contribution in [-0.2, 0) is 4.79 Å². The largest absolute Gasteiger partial charge is 0.493 e. The monoisotopic (exact) mass is 395 g/mol. The van der Waals surface area contributed by atoms with Gasteiger partial charge >= 0.3 is 0 Å². The first-order chi connectivity index (χ1) is 12.5. The second-order valence-corrected chi connectivity index (χ2v) is 6.58. The van der Waals surface area contributed by atoms with E-state index in [4.69, 9.17) is 21.7 Å². The number of amides is 2. The van der Waals surface area contributed by atoms with Crippen molar-refractivity contribution in [2.75, 3.05) is 33.9 Å².